The Balaban J connectivity index is 2.69. The Bertz CT molecular complexity index is 324. The average Bonchev–Trinajstić information content (AvgIpc) is 2.38. The first-order valence-corrected chi connectivity index (χ1v) is 6.08. The van der Waals surface area contributed by atoms with Crippen LogP contribution in [0.25, 0.3) is 0 Å². The van der Waals surface area contributed by atoms with Gasteiger partial charge in [-0.2, -0.15) is 0 Å². The first kappa shape index (κ1) is 13.6. The first-order chi connectivity index (χ1) is 8.29. The van der Waals surface area contributed by atoms with Crippen LogP contribution in [0.2, 0.25) is 0 Å². The maximum Gasteiger partial charge on any atom is 0.414 e. The summed E-state index contributed by atoms with van der Waals surface area (Å²) in [6.07, 6.45) is 2.25. The van der Waals surface area contributed by atoms with Crippen LogP contribution in [0.3, 0.4) is 0 Å². The molecule has 0 heterocycles. The molecule has 3 heteroatoms. The number of anilines is 1. The van der Waals surface area contributed by atoms with Crippen molar-refractivity contribution in [3.05, 3.63) is 37.3 Å². The maximum absolute atomic E-state index is 11.9. The van der Waals surface area contributed by atoms with E-state index in [2.05, 4.69) is 6.92 Å². The smallest absolute Gasteiger partial charge is 0.414 e. The Hall–Kier alpha value is -1.51. The van der Waals surface area contributed by atoms with Crippen LogP contribution >= 0.6 is 0 Å². The number of rotatable bonds is 6. The molecule has 17 heavy (non-hydrogen) atoms. The molecule has 0 aliphatic heterocycles. The van der Waals surface area contributed by atoms with E-state index in [0.29, 0.717) is 13.2 Å². The highest BCUT2D eigenvalue weighted by atomic mass is 16.6. The van der Waals surface area contributed by atoms with Gasteiger partial charge in [-0.05, 0) is 25.0 Å². The van der Waals surface area contributed by atoms with Crippen molar-refractivity contribution in [3.63, 3.8) is 0 Å². The monoisotopic (exact) mass is 234 g/mol. The summed E-state index contributed by atoms with van der Waals surface area (Å²) in [5.41, 5.74) is 0.877. The fraction of sp³-hybridized carbons (Fsp3) is 0.429. The van der Waals surface area contributed by atoms with Gasteiger partial charge in [-0.1, -0.05) is 38.5 Å². The molecule has 0 N–H and O–H groups in total. The highest BCUT2D eigenvalue weighted by molar-refractivity contribution is 5.87. The molecule has 0 atom stereocenters. The Morgan fingerprint density at radius 3 is 2.65 bits per heavy atom. The van der Waals surface area contributed by atoms with Crippen LogP contribution < -0.4 is 4.90 Å². The minimum absolute atomic E-state index is 0.272. The lowest BCUT2D eigenvalue weighted by Crippen LogP contribution is -2.32. The van der Waals surface area contributed by atoms with Gasteiger partial charge in [0.1, 0.15) is 0 Å². The van der Waals surface area contributed by atoms with Crippen molar-refractivity contribution >= 4 is 11.8 Å². The van der Waals surface area contributed by atoms with Gasteiger partial charge in [0.15, 0.2) is 0 Å². The lowest BCUT2D eigenvalue weighted by Gasteiger charge is -2.21. The van der Waals surface area contributed by atoms with E-state index in [-0.39, 0.29) is 6.09 Å². The second kappa shape index (κ2) is 7.71. The molecule has 0 aliphatic rings. The highest BCUT2D eigenvalue weighted by Crippen LogP contribution is 2.15. The number of hydrogen-bond donors (Lipinski definition) is 0. The van der Waals surface area contributed by atoms with Gasteiger partial charge in [-0.25, -0.2) is 4.79 Å². The zero-order valence-corrected chi connectivity index (χ0v) is 10.4. The van der Waals surface area contributed by atoms with Crippen molar-refractivity contribution in [2.75, 3.05) is 18.1 Å². The maximum atomic E-state index is 11.9. The van der Waals surface area contributed by atoms with Gasteiger partial charge in [0, 0.05) is 12.2 Å². The van der Waals surface area contributed by atoms with Crippen LogP contribution in [0.1, 0.15) is 26.2 Å². The molecule has 1 radical (unpaired) electrons. The van der Waals surface area contributed by atoms with Crippen molar-refractivity contribution in [1.82, 2.24) is 0 Å². The second-order valence-electron chi connectivity index (χ2n) is 3.81. The first-order valence-electron chi connectivity index (χ1n) is 6.08. The minimum Gasteiger partial charge on any atom is -0.449 e. The lowest BCUT2D eigenvalue weighted by atomic mass is 10.2. The third-order valence-corrected chi connectivity index (χ3v) is 2.35. The van der Waals surface area contributed by atoms with E-state index in [0.717, 1.165) is 24.9 Å². The van der Waals surface area contributed by atoms with Crippen molar-refractivity contribution < 1.29 is 9.53 Å². The third kappa shape index (κ3) is 4.47. The summed E-state index contributed by atoms with van der Waals surface area (Å²) in [6, 6.07) is 9.59. The lowest BCUT2D eigenvalue weighted by molar-refractivity contribution is 0.153. The van der Waals surface area contributed by atoms with Gasteiger partial charge in [-0.3, -0.25) is 4.90 Å². The van der Waals surface area contributed by atoms with E-state index < -0.39 is 0 Å². The highest BCUT2D eigenvalue weighted by Gasteiger charge is 2.15. The Morgan fingerprint density at radius 2 is 2.06 bits per heavy atom. The molecular weight excluding hydrogens is 214 g/mol. The number of unbranched alkanes of at least 4 members (excludes halogenated alkanes) is 1. The molecule has 3 nitrogen and oxygen atoms in total. The molecule has 93 valence electrons. The summed E-state index contributed by atoms with van der Waals surface area (Å²) in [6.45, 7) is 6.89. The third-order valence-electron chi connectivity index (χ3n) is 2.35. The van der Waals surface area contributed by atoms with Crippen LogP contribution in [0.5, 0.6) is 0 Å². The molecule has 0 aliphatic carbocycles. The molecular formula is C14H20NO2. The fourth-order valence-electron chi connectivity index (χ4n) is 1.47. The molecule has 0 aromatic heterocycles. The number of carbonyl (C=O) groups excluding carboxylic acids is 1. The number of carbonyl (C=O) groups is 1. The summed E-state index contributed by atoms with van der Waals surface area (Å²) >= 11 is 0. The minimum atomic E-state index is -0.272. The van der Waals surface area contributed by atoms with Crippen molar-refractivity contribution in [1.29, 1.82) is 0 Å². The Labute approximate surface area is 103 Å². The largest absolute Gasteiger partial charge is 0.449 e. The van der Waals surface area contributed by atoms with Crippen LogP contribution in [0.4, 0.5) is 10.5 Å². The van der Waals surface area contributed by atoms with Crippen molar-refractivity contribution in [3.8, 4) is 0 Å². The van der Waals surface area contributed by atoms with Crippen molar-refractivity contribution in [2.45, 2.75) is 26.2 Å². The van der Waals surface area contributed by atoms with Gasteiger partial charge < -0.3 is 4.74 Å². The van der Waals surface area contributed by atoms with Gasteiger partial charge in [-0.15, -0.1) is 0 Å². The number of para-hydroxylation sites is 1. The van der Waals surface area contributed by atoms with E-state index in [1.165, 1.54) is 0 Å². The van der Waals surface area contributed by atoms with E-state index in [1.54, 1.807) is 4.90 Å². The summed E-state index contributed by atoms with van der Waals surface area (Å²) in [5.74, 6) is 0. The predicted molar refractivity (Wildman–Crippen MR) is 70.0 cm³/mol. The summed E-state index contributed by atoms with van der Waals surface area (Å²) in [5, 5.41) is 0. The van der Waals surface area contributed by atoms with Crippen molar-refractivity contribution in [2.24, 2.45) is 0 Å². The number of nitrogens with zero attached hydrogens (tertiary/aromatic N) is 1. The molecule has 1 aromatic rings. The predicted octanol–water partition coefficient (Wildman–Crippen LogP) is 3.65. The van der Waals surface area contributed by atoms with Crippen LogP contribution in [0.15, 0.2) is 30.3 Å². The molecule has 0 unspecified atom stereocenters. The molecule has 0 bridgehead atoms. The van der Waals surface area contributed by atoms with Gasteiger partial charge in [0.2, 0.25) is 0 Å². The molecule has 1 rings (SSSR count). The van der Waals surface area contributed by atoms with E-state index >= 15 is 0 Å². The average molecular weight is 234 g/mol. The summed E-state index contributed by atoms with van der Waals surface area (Å²) in [4.78, 5) is 13.6. The number of hydrogen-bond acceptors (Lipinski definition) is 2. The van der Waals surface area contributed by atoms with E-state index in [1.807, 2.05) is 37.3 Å². The standard InChI is InChI=1S/C14H20NO2/c1-3-5-11-15(14(16)17-12-4-2)13-9-7-6-8-10-13/h6-10H,1,3-5,11-12H2,2H3. The number of amides is 1. The Morgan fingerprint density at radius 1 is 1.35 bits per heavy atom. The Kier molecular flexibility index (Phi) is 6.15. The topological polar surface area (TPSA) is 29.5 Å². The van der Waals surface area contributed by atoms with Crippen LogP contribution in [0, 0.1) is 6.92 Å². The molecule has 0 saturated carbocycles. The molecule has 0 saturated heterocycles. The molecule has 0 spiro atoms. The zero-order valence-electron chi connectivity index (χ0n) is 10.4. The van der Waals surface area contributed by atoms with E-state index in [4.69, 9.17) is 4.74 Å². The van der Waals surface area contributed by atoms with Crippen LogP contribution in [-0.2, 0) is 4.74 Å². The second-order valence-corrected chi connectivity index (χ2v) is 3.81. The molecule has 0 fully saturated rings. The summed E-state index contributed by atoms with van der Waals surface area (Å²) < 4.78 is 5.17. The summed E-state index contributed by atoms with van der Waals surface area (Å²) in [7, 11) is 0. The SMILES string of the molecule is [CH2]CCCN(C(=O)OCCC)c1ccccc1. The van der Waals surface area contributed by atoms with Gasteiger partial charge in [0.25, 0.3) is 0 Å². The molecule has 1 amide bonds. The zero-order chi connectivity index (χ0) is 12.5. The normalized spacial score (nSPS) is 10.0. The molecule has 1 aromatic carbocycles. The fourth-order valence-corrected chi connectivity index (χ4v) is 1.47. The van der Waals surface area contributed by atoms with Gasteiger partial charge in [0.05, 0.1) is 6.61 Å². The van der Waals surface area contributed by atoms with Crippen LogP contribution in [-0.4, -0.2) is 19.2 Å². The number of benzene rings is 1. The number of ether oxygens (including phenoxy) is 1. The van der Waals surface area contributed by atoms with E-state index in [9.17, 15) is 4.79 Å². The quantitative estimate of drug-likeness (QED) is 0.751. The van der Waals surface area contributed by atoms with Gasteiger partial charge >= 0.3 is 6.09 Å².